The van der Waals surface area contributed by atoms with Crippen LogP contribution in [0, 0.1) is 0 Å². The van der Waals surface area contributed by atoms with Crippen molar-refractivity contribution in [3.63, 3.8) is 0 Å². The van der Waals surface area contributed by atoms with Crippen molar-refractivity contribution < 1.29 is 13.9 Å². The van der Waals surface area contributed by atoms with Crippen molar-refractivity contribution in [2.24, 2.45) is 5.10 Å². The quantitative estimate of drug-likeness (QED) is 0.593. The van der Waals surface area contributed by atoms with Crippen LogP contribution in [0.2, 0.25) is 0 Å². The number of amides is 1. The van der Waals surface area contributed by atoms with Gasteiger partial charge in [0.2, 0.25) is 0 Å². The molecule has 22 heavy (non-hydrogen) atoms. The number of carbonyl (C=O) groups excluding carboxylic acids is 1. The summed E-state index contributed by atoms with van der Waals surface area (Å²) in [6.45, 7) is 0. The fraction of sp³-hybridized carbons (Fsp3) is 0.0588. The Morgan fingerprint density at radius 2 is 2.05 bits per heavy atom. The summed E-state index contributed by atoms with van der Waals surface area (Å²) >= 11 is 0. The van der Waals surface area contributed by atoms with Crippen molar-refractivity contribution in [2.45, 2.75) is 0 Å². The second-order valence-electron chi connectivity index (χ2n) is 4.58. The summed E-state index contributed by atoms with van der Waals surface area (Å²) in [5, 5.41) is 6.06. The maximum atomic E-state index is 11.8. The standard InChI is InChI=1S/C17H14N2O3/c1-21-15-9-8-12-5-2-3-6-13(12)14(15)11-18-19-17(20)16-7-4-10-22-16/h2-11H,1H3,(H,19,20)/b18-11-. The largest absolute Gasteiger partial charge is 0.496 e. The van der Waals surface area contributed by atoms with Crippen LogP contribution >= 0.6 is 0 Å². The van der Waals surface area contributed by atoms with Crippen LogP contribution in [0.25, 0.3) is 10.8 Å². The molecule has 110 valence electrons. The van der Waals surface area contributed by atoms with Crippen LogP contribution in [0.5, 0.6) is 5.75 Å². The first kappa shape index (κ1) is 13.9. The number of rotatable bonds is 4. The Kier molecular flexibility index (Phi) is 3.87. The summed E-state index contributed by atoms with van der Waals surface area (Å²) in [6, 6.07) is 15.0. The molecule has 0 aliphatic heterocycles. The molecule has 0 fully saturated rings. The average Bonchev–Trinajstić information content (AvgIpc) is 3.09. The lowest BCUT2D eigenvalue weighted by Gasteiger charge is -2.08. The van der Waals surface area contributed by atoms with E-state index in [1.807, 2.05) is 36.4 Å². The molecule has 1 N–H and O–H groups in total. The number of methoxy groups -OCH3 is 1. The van der Waals surface area contributed by atoms with Gasteiger partial charge in [-0.05, 0) is 29.0 Å². The maximum Gasteiger partial charge on any atom is 0.307 e. The summed E-state index contributed by atoms with van der Waals surface area (Å²) in [5.74, 6) is 0.497. The molecular weight excluding hydrogens is 280 g/mol. The van der Waals surface area contributed by atoms with Crippen LogP contribution in [0.1, 0.15) is 16.1 Å². The van der Waals surface area contributed by atoms with Gasteiger partial charge in [-0.2, -0.15) is 5.10 Å². The van der Waals surface area contributed by atoms with E-state index in [0.717, 1.165) is 16.3 Å². The molecule has 1 amide bonds. The molecule has 5 nitrogen and oxygen atoms in total. The molecule has 3 aromatic rings. The van der Waals surface area contributed by atoms with E-state index < -0.39 is 5.91 Å². The smallest absolute Gasteiger partial charge is 0.307 e. The van der Waals surface area contributed by atoms with Crippen LogP contribution < -0.4 is 10.2 Å². The zero-order chi connectivity index (χ0) is 15.4. The van der Waals surface area contributed by atoms with Crippen molar-refractivity contribution >= 4 is 22.9 Å². The molecule has 0 atom stereocenters. The molecule has 3 rings (SSSR count). The van der Waals surface area contributed by atoms with Gasteiger partial charge < -0.3 is 9.15 Å². The second kappa shape index (κ2) is 6.13. The maximum absolute atomic E-state index is 11.8. The van der Waals surface area contributed by atoms with E-state index in [1.165, 1.54) is 6.26 Å². The molecule has 1 aromatic heterocycles. The third-order valence-corrected chi connectivity index (χ3v) is 3.26. The zero-order valence-electron chi connectivity index (χ0n) is 11.9. The molecule has 0 aliphatic rings. The minimum Gasteiger partial charge on any atom is -0.496 e. The Labute approximate surface area is 127 Å². The summed E-state index contributed by atoms with van der Waals surface area (Å²) in [4.78, 5) is 11.8. The molecule has 2 aromatic carbocycles. The molecule has 1 heterocycles. The Balaban J connectivity index is 1.89. The SMILES string of the molecule is COc1ccc2ccccc2c1/C=N\NC(=O)c1ccco1. The fourth-order valence-corrected chi connectivity index (χ4v) is 2.21. The molecule has 0 saturated carbocycles. The predicted octanol–water partition coefficient (Wildman–Crippen LogP) is 3.21. The topological polar surface area (TPSA) is 63.8 Å². The minimum absolute atomic E-state index is 0.210. The van der Waals surface area contributed by atoms with Crippen LogP contribution in [0.4, 0.5) is 0 Å². The highest BCUT2D eigenvalue weighted by molar-refractivity contribution is 6.03. The van der Waals surface area contributed by atoms with Crippen LogP contribution in [-0.2, 0) is 0 Å². The number of nitrogens with one attached hydrogen (secondary N) is 1. The Hall–Kier alpha value is -3.08. The Bertz CT molecular complexity index is 823. The Morgan fingerprint density at radius 1 is 1.18 bits per heavy atom. The van der Waals surface area contributed by atoms with Gasteiger partial charge in [0.05, 0.1) is 19.6 Å². The number of nitrogens with zero attached hydrogens (tertiary/aromatic N) is 1. The van der Waals surface area contributed by atoms with Crippen molar-refractivity contribution in [1.82, 2.24) is 5.43 Å². The van der Waals surface area contributed by atoms with Crippen LogP contribution in [0.3, 0.4) is 0 Å². The van der Waals surface area contributed by atoms with E-state index >= 15 is 0 Å². The zero-order valence-corrected chi connectivity index (χ0v) is 11.9. The predicted molar refractivity (Wildman–Crippen MR) is 84.3 cm³/mol. The van der Waals surface area contributed by atoms with Gasteiger partial charge in [0.15, 0.2) is 5.76 Å². The lowest BCUT2D eigenvalue weighted by Crippen LogP contribution is -2.16. The Morgan fingerprint density at radius 3 is 2.82 bits per heavy atom. The fourth-order valence-electron chi connectivity index (χ4n) is 2.21. The van der Waals surface area contributed by atoms with Crippen LogP contribution in [-0.4, -0.2) is 19.2 Å². The summed E-state index contributed by atoms with van der Waals surface area (Å²) in [7, 11) is 1.60. The lowest BCUT2D eigenvalue weighted by atomic mass is 10.0. The summed E-state index contributed by atoms with van der Waals surface area (Å²) < 4.78 is 10.4. The summed E-state index contributed by atoms with van der Waals surface area (Å²) in [5.41, 5.74) is 3.24. The third-order valence-electron chi connectivity index (χ3n) is 3.26. The first-order valence-corrected chi connectivity index (χ1v) is 6.72. The second-order valence-corrected chi connectivity index (χ2v) is 4.58. The third kappa shape index (κ3) is 2.69. The van der Waals surface area contributed by atoms with Gasteiger partial charge in [0, 0.05) is 5.56 Å². The van der Waals surface area contributed by atoms with Gasteiger partial charge in [0.1, 0.15) is 5.75 Å². The number of benzene rings is 2. The first-order chi connectivity index (χ1) is 10.8. The number of hydrazone groups is 1. The number of ether oxygens (including phenoxy) is 1. The van der Waals surface area contributed by atoms with Crippen molar-refractivity contribution in [1.29, 1.82) is 0 Å². The molecule has 0 radical (unpaired) electrons. The monoisotopic (exact) mass is 294 g/mol. The molecule has 0 aliphatic carbocycles. The molecule has 0 spiro atoms. The lowest BCUT2D eigenvalue weighted by molar-refractivity contribution is 0.0927. The number of furan rings is 1. The highest BCUT2D eigenvalue weighted by atomic mass is 16.5. The molecule has 0 unspecified atom stereocenters. The van der Waals surface area contributed by atoms with Crippen molar-refractivity contribution in [3.8, 4) is 5.75 Å². The number of fused-ring (bicyclic) bond motifs is 1. The number of hydrogen-bond donors (Lipinski definition) is 1. The molecular formula is C17H14N2O3. The number of hydrogen-bond acceptors (Lipinski definition) is 4. The number of carbonyl (C=O) groups is 1. The normalized spacial score (nSPS) is 11.0. The van der Waals surface area contributed by atoms with E-state index in [2.05, 4.69) is 10.5 Å². The van der Waals surface area contributed by atoms with E-state index in [1.54, 1.807) is 25.5 Å². The van der Waals surface area contributed by atoms with Gasteiger partial charge in [-0.3, -0.25) is 4.79 Å². The highest BCUT2D eigenvalue weighted by Crippen LogP contribution is 2.26. The highest BCUT2D eigenvalue weighted by Gasteiger charge is 2.08. The van der Waals surface area contributed by atoms with Gasteiger partial charge in [-0.15, -0.1) is 0 Å². The van der Waals surface area contributed by atoms with E-state index in [-0.39, 0.29) is 5.76 Å². The van der Waals surface area contributed by atoms with E-state index in [4.69, 9.17) is 9.15 Å². The summed E-state index contributed by atoms with van der Waals surface area (Å²) in [6.07, 6.45) is 3.01. The van der Waals surface area contributed by atoms with Crippen molar-refractivity contribution in [2.75, 3.05) is 7.11 Å². The van der Waals surface area contributed by atoms with Gasteiger partial charge in [-0.1, -0.05) is 30.3 Å². The van der Waals surface area contributed by atoms with Crippen molar-refractivity contribution in [3.05, 3.63) is 66.1 Å². The van der Waals surface area contributed by atoms with Crippen LogP contribution in [0.15, 0.2) is 64.3 Å². The minimum atomic E-state index is -0.402. The average molecular weight is 294 g/mol. The van der Waals surface area contributed by atoms with Gasteiger partial charge >= 0.3 is 5.91 Å². The van der Waals surface area contributed by atoms with Gasteiger partial charge in [0.25, 0.3) is 0 Å². The molecule has 0 saturated heterocycles. The molecule has 5 heteroatoms. The van der Waals surface area contributed by atoms with E-state index in [9.17, 15) is 4.79 Å². The first-order valence-electron chi connectivity index (χ1n) is 6.72. The molecule has 0 bridgehead atoms. The van der Waals surface area contributed by atoms with E-state index in [0.29, 0.717) is 5.75 Å². The van der Waals surface area contributed by atoms with Gasteiger partial charge in [-0.25, -0.2) is 5.43 Å².